The van der Waals surface area contributed by atoms with Crippen molar-refractivity contribution in [1.82, 2.24) is 9.88 Å². The highest BCUT2D eigenvalue weighted by Crippen LogP contribution is 2.33. The molecule has 0 saturated carbocycles. The van der Waals surface area contributed by atoms with Crippen molar-refractivity contribution in [3.05, 3.63) is 40.4 Å². The van der Waals surface area contributed by atoms with Gasteiger partial charge in [-0.1, -0.05) is 12.1 Å². The molecule has 0 bridgehead atoms. The Morgan fingerprint density at radius 1 is 1.29 bits per heavy atom. The molecule has 2 aromatic rings. The van der Waals surface area contributed by atoms with Crippen molar-refractivity contribution in [2.24, 2.45) is 0 Å². The molecule has 0 radical (unpaired) electrons. The molecule has 0 aliphatic carbocycles. The molecule has 5 nitrogen and oxygen atoms in total. The molecule has 10 heteroatoms. The van der Waals surface area contributed by atoms with Crippen LogP contribution in [-0.4, -0.2) is 48.3 Å². The molecule has 28 heavy (non-hydrogen) atoms. The first kappa shape index (κ1) is 20.8. The quantitative estimate of drug-likeness (QED) is 0.737. The number of aromatic nitrogens is 1. The summed E-state index contributed by atoms with van der Waals surface area (Å²) < 4.78 is 61.7. The number of amides is 1. The van der Waals surface area contributed by atoms with Gasteiger partial charge in [0.15, 0.2) is 9.84 Å². The Kier molecular flexibility index (Phi) is 5.55. The number of carbonyl (C=O) groups excluding carboxylic acids is 1. The fourth-order valence-electron chi connectivity index (χ4n) is 3.24. The van der Waals surface area contributed by atoms with E-state index in [-0.39, 0.29) is 23.5 Å². The van der Waals surface area contributed by atoms with Gasteiger partial charge in [0.2, 0.25) is 0 Å². The van der Waals surface area contributed by atoms with Gasteiger partial charge in [0.05, 0.1) is 22.8 Å². The first-order valence-electron chi connectivity index (χ1n) is 8.68. The van der Waals surface area contributed by atoms with Crippen molar-refractivity contribution in [2.75, 3.05) is 18.1 Å². The normalized spacial score (nSPS) is 19.0. The van der Waals surface area contributed by atoms with E-state index in [0.29, 0.717) is 34.1 Å². The van der Waals surface area contributed by atoms with Gasteiger partial charge in [0, 0.05) is 18.2 Å². The Hall–Kier alpha value is -1.94. The number of hydrogen-bond acceptors (Lipinski definition) is 5. The van der Waals surface area contributed by atoms with Crippen LogP contribution in [-0.2, 0) is 16.0 Å². The van der Waals surface area contributed by atoms with Gasteiger partial charge >= 0.3 is 6.18 Å². The van der Waals surface area contributed by atoms with Gasteiger partial charge in [-0.2, -0.15) is 13.2 Å². The predicted molar refractivity (Wildman–Crippen MR) is 101 cm³/mol. The van der Waals surface area contributed by atoms with Gasteiger partial charge in [0.1, 0.15) is 9.88 Å². The van der Waals surface area contributed by atoms with E-state index in [4.69, 9.17) is 0 Å². The molecule has 152 valence electrons. The number of sulfone groups is 1. The second-order valence-electron chi connectivity index (χ2n) is 6.66. The molecule has 1 aromatic carbocycles. The van der Waals surface area contributed by atoms with Crippen LogP contribution >= 0.6 is 11.3 Å². The lowest BCUT2D eigenvalue weighted by molar-refractivity contribution is -0.137. The third kappa shape index (κ3) is 4.22. The van der Waals surface area contributed by atoms with Gasteiger partial charge in [-0.25, -0.2) is 13.4 Å². The number of halogens is 3. The van der Waals surface area contributed by atoms with Crippen molar-refractivity contribution in [3.63, 3.8) is 0 Å². The van der Waals surface area contributed by atoms with Crippen LogP contribution in [0.1, 0.15) is 34.3 Å². The number of alkyl halides is 3. The molecule has 2 heterocycles. The van der Waals surface area contributed by atoms with Crippen LogP contribution in [0, 0.1) is 6.92 Å². The fraction of sp³-hybridized carbons (Fsp3) is 0.444. The second kappa shape index (κ2) is 7.47. The summed E-state index contributed by atoms with van der Waals surface area (Å²) in [5.41, 5.74) is 0.219. The minimum Gasteiger partial charge on any atom is -0.334 e. The lowest BCUT2D eigenvalue weighted by atomic mass is 10.1. The molecule has 1 amide bonds. The van der Waals surface area contributed by atoms with E-state index in [1.165, 1.54) is 12.1 Å². The third-order valence-electron chi connectivity index (χ3n) is 4.70. The largest absolute Gasteiger partial charge is 0.416 e. The summed E-state index contributed by atoms with van der Waals surface area (Å²) >= 11 is 1.10. The average Bonchev–Trinajstić information content (AvgIpc) is 3.17. The topological polar surface area (TPSA) is 67.3 Å². The summed E-state index contributed by atoms with van der Waals surface area (Å²) in [4.78, 5) is 19.2. The molecule has 1 aliphatic heterocycles. The third-order valence-corrected chi connectivity index (χ3v) is 7.65. The molecular weight excluding hydrogens is 413 g/mol. The van der Waals surface area contributed by atoms with Crippen LogP contribution in [0.4, 0.5) is 13.2 Å². The zero-order valence-corrected chi connectivity index (χ0v) is 16.9. The number of carbonyl (C=O) groups is 1. The first-order chi connectivity index (χ1) is 13.0. The molecule has 1 saturated heterocycles. The summed E-state index contributed by atoms with van der Waals surface area (Å²) in [5.74, 6) is -0.270. The van der Waals surface area contributed by atoms with Crippen molar-refractivity contribution < 1.29 is 26.4 Å². The van der Waals surface area contributed by atoms with E-state index in [2.05, 4.69) is 4.98 Å². The van der Waals surface area contributed by atoms with Crippen LogP contribution in [0.15, 0.2) is 24.3 Å². The van der Waals surface area contributed by atoms with E-state index in [1.807, 2.05) is 0 Å². The molecule has 1 aliphatic rings. The summed E-state index contributed by atoms with van der Waals surface area (Å²) in [5, 5.41) is 0.449. The van der Waals surface area contributed by atoms with Crippen LogP contribution < -0.4 is 0 Å². The molecule has 0 N–H and O–H groups in total. The van der Waals surface area contributed by atoms with Gasteiger partial charge in [-0.3, -0.25) is 4.79 Å². The monoisotopic (exact) mass is 432 g/mol. The van der Waals surface area contributed by atoms with Gasteiger partial charge < -0.3 is 4.90 Å². The summed E-state index contributed by atoms with van der Waals surface area (Å²) in [6, 6.07) is 4.26. The van der Waals surface area contributed by atoms with Gasteiger partial charge in [-0.15, -0.1) is 11.3 Å². The lowest BCUT2D eigenvalue weighted by Gasteiger charge is -2.26. The standard InChI is InChI=1S/C18H19F3N2O3S2/c1-3-23(14-8-9-28(25,26)10-14)17(24)15-11(2)22-16(27-15)12-4-6-13(7-5-12)18(19,20)21/h4-7,14H,3,8-10H2,1-2H3. The Bertz CT molecular complexity index is 982. The lowest BCUT2D eigenvalue weighted by Crippen LogP contribution is -2.40. The molecule has 3 rings (SSSR count). The van der Waals surface area contributed by atoms with E-state index in [0.717, 1.165) is 23.5 Å². The van der Waals surface area contributed by atoms with Crippen LogP contribution in [0.5, 0.6) is 0 Å². The molecule has 1 aromatic heterocycles. The Balaban J connectivity index is 1.86. The van der Waals surface area contributed by atoms with Crippen molar-refractivity contribution in [1.29, 1.82) is 0 Å². The summed E-state index contributed by atoms with van der Waals surface area (Å²) in [6.07, 6.45) is -4.01. The number of nitrogens with zero attached hydrogens (tertiary/aromatic N) is 2. The van der Waals surface area contributed by atoms with Gasteiger partial charge in [0.25, 0.3) is 5.91 Å². The van der Waals surface area contributed by atoms with E-state index in [9.17, 15) is 26.4 Å². The zero-order chi connectivity index (χ0) is 20.7. The van der Waals surface area contributed by atoms with Crippen LogP contribution in [0.25, 0.3) is 10.6 Å². The smallest absolute Gasteiger partial charge is 0.334 e. The minimum atomic E-state index is -4.41. The van der Waals surface area contributed by atoms with Crippen LogP contribution in [0.2, 0.25) is 0 Å². The first-order valence-corrected chi connectivity index (χ1v) is 11.3. The van der Waals surface area contributed by atoms with Crippen molar-refractivity contribution in [3.8, 4) is 10.6 Å². The summed E-state index contributed by atoms with van der Waals surface area (Å²) in [7, 11) is -3.13. The molecule has 0 spiro atoms. The molecular formula is C18H19F3N2O3S2. The average molecular weight is 432 g/mol. The maximum Gasteiger partial charge on any atom is 0.416 e. The highest BCUT2D eigenvalue weighted by Gasteiger charge is 2.35. The van der Waals surface area contributed by atoms with E-state index >= 15 is 0 Å². The highest BCUT2D eigenvalue weighted by atomic mass is 32.2. The number of aryl methyl sites for hydroxylation is 1. The van der Waals surface area contributed by atoms with E-state index < -0.39 is 21.6 Å². The number of hydrogen-bond donors (Lipinski definition) is 0. The highest BCUT2D eigenvalue weighted by molar-refractivity contribution is 7.91. The van der Waals surface area contributed by atoms with Gasteiger partial charge in [-0.05, 0) is 32.4 Å². The maximum atomic E-state index is 13.0. The SMILES string of the molecule is CCN(C(=O)c1sc(-c2ccc(C(F)(F)F)cc2)nc1C)C1CCS(=O)(=O)C1. The molecule has 1 fully saturated rings. The molecule has 1 atom stereocenters. The van der Waals surface area contributed by atoms with Crippen LogP contribution in [0.3, 0.4) is 0 Å². The Morgan fingerprint density at radius 3 is 2.43 bits per heavy atom. The van der Waals surface area contributed by atoms with Crippen molar-refractivity contribution >= 4 is 27.1 Å². The van der Waals surface area contributed by atoms with Crippen molar-refractivity contribution in [2.45, 2.75) is 32.5 Å². The van der Waals surface area contributed by atoms with E-state index in [1.54, 1.807) is 18.7 Å². The number of thiazole rings is 1. The Morgan fingerprint density at radius 2 is 1.93 bits per heavy atom. The minimum absolute atomic E-state index is 0.0454. The maximum absolute atomic E-state index is 13.0. The zero-order valence-electron chi connectivity index (χ0n) is 15.3. The second-order valence-corrected chi connectivity index (χ2v) is 9.88. The predicted octanol–water partition coefficient (Wildman–Crippen LogP) is 3.79. The number of benzene rings is 1. The number of rotatable bonds is 4. The Labute approximate surface area is 165 Å². The summed E-state index contributed by atoms with van der Waals surface area (Å²) in [6.45, 7) is 3.82. The fourth-order valence-corrected chi connectivity index (χ4v) is 6.00. The molecule has 1 unspecified atom stereocenters.